The van der Waals surface area contributed by atoms with Crippen molar-refractivity contribution < 1.29 is 14.2 Å². The third kappa shape index (κ3) is 4.41. The molecule has 0 aromatic heterocycles. The van der Waals surface area contributed by atoms with Crippen LogP contribution < -0.4 is 19.5 Å². The lowest BCUT2D eigenvalue weighted by Crippen LogP contribution is -2.43. The number of methoxy groups -OCH3 is 3. The van der Waals surface area contributed by atoms with Crippen molar-refractivity contribution in [1.29, 1.82) is 0 Å². The van der Waals surface area contributed by atoms with Gasteiger partial charge in [0.1, 0.15) is 0 Å². The lowest BCUT2D eigenvalue weighted by atomic mass is 10.0. The van der Waals surface area contributed by atoms with Crippen LogP contribution in [0.5, 0.6) is 17.2 Å². The number of ether oxygens (including phenoxy) is 3. The summed E-state index contributed by atoms with van der Waals surface area (Å²) in [4.78, 5) is 2.46. The van der Waals surface area contributed by atoms with Crippen molar-refractivity contribution in [2.45, 2.75) is 25.4 Å². The summed E-state index contributed by atoms with van der Waals surface area (Å²) in [6, 6.07) is 4.65. The number of nitrogens with one attached hydrogen (secondary N) is 1. The van der Waals surface area contributed by atoms with E-state index in [1.54, 1.807) is 21.3 Å². The van der Waals surface area contributed by atoms with Crippen LogP contribution in [0.3, 0.4) is 0 Å². The van der Waals surface area contributed by atoms with E-state index in [9.17, 15) is 0 Å². The first kappa shape index (κ1) is 18.9. The van der Waals surface area contributed by atoms with Crippen LogP contribution in [0.4, 0.5) is 0 Å². The zero-order chi connectivity index (χ0) is 15.2. The predicted octanol–water partition coefficient (Wildman–Crippen LogP) is 2.32. The number of rotatable bonds is 6. The number of piperidine rings is 1. The molecule has 22 heavy (non-hydrogen) atoms. The van der Waals surface area contributed by atoms with Crippen LogP contribution in [0.15, 0.2) is 12.1 Å². The highest BCUT2D eigenvalue weighted by atomic mass is 35.5. The standard InChI is InChI=1S/C16H26N2O3.ClH/c1-17-13-6-5-7-18(11-13)10-12-8-14(19-2)16(21-4)15(9-12)20-3;/h8-9,13,17H,5-7,10-11H2,1-4H3;1H. The SMILES string of the molecule is CNC1CCCN(Cc2cc(OC)c(OC)c(OC)c2)C1.Cl. The van der Waals surface area contributed by atoms with Crippen LogP contribution in [-0.2, 0) is 6.54 Å². The minimum absolute atomic E-state index is 0. The highest BCUT2D eigenvalue weighted by Crippen LogP contribution is 2.38. The second-order valence-electron chi connectivity index (χ2n) is 5.40. The van der Waals surface area contributed by atoms with Gasteiger partial charge in [0.05, 0.1) is 21.3 Å². The van der Waals surface area contributed by atoms with E-state index in [2.05, 4.69) is 10.2 Å². The molecule has 1 fully saturated rings. The highest BCUT2D eigenvalue weighted by Gasteiger charge is 2.20. The third-order valence-corrected chi connectivity index (χ3v) is 4.04. The molecule has 0 saturated carbocycles. The minimum atomic E-state index is 0. The highest BCUT2D eigenvalue weighted by molar-refractivity contribution is 5.85. The molecular weight excluding hydrogens is 304 g/mol. The van der Waals surface area contributed by atoms with Crippen molar-refractivity contribution in [2.75, 3.05) is 41.5 Å². The molecule has 1 saturated heterocycles. The summed E-state index contributed by atoms with van der Waals surface area (Å²) in [6.45, 7) is 3.11. The molecule has 1 aromatic carbocycles. The first-order valence-corrected chi connectivity index (χ1v) is 7.40. The van der Waals surface area contributed by atoms with Gasteiger partial charge in [-0.2, -0.15) is 0 Å². The minimum Gasteiger partial charge on any atom is -0.493 e. The molecule has 1 aliphatic heterocycles. The van der Waals surface area contributed by atoms with Gasteiger partial charge in [0.2, 0.25) is 5.75 Å². The van der Waals surface area contributed by atoms with Gasteiger partial charge in [0.15, 0.2) is 11.5 Å². The summed E-state index contributed by atoms with van der Waals surface area (Å²) in [5.74, 6) is 2.08. The molecule has 0 spiro atoms. The molecule has 1 aromatic rings. The molecule has 0 radical (unpaired) electrons. The van der Waals surface area contributed by atoms with E-state index in [4.69, 9.17) is 14.2 Å². The van der Waals surface area contributed by atoms with Crippen molar-refractivity contribution in [3.63, 3.8) is 0 Å². The van der Waals surface area contributed by atoms with Crippen molar-refractivity contribution in [2.24, 2.45) is 0 Å². The molecule has 0 amide bonds. The molecule has 126 valence electrons. The molecule has 1 unspecified atom stereocenters. The Hall–Kier alpha value is -1.17. The number of benzene rings is 1. The first-order chi connectivity index (χ1) is 10.2. The summed E-state index contributed by atoms with van der Waals surface area (Å²) >= 11 is 0. The van der Waals surface area contributed by atoms with Gasteiger partial charge in [-0.1, -0.05) is 0 Å². The zero-order valence-electron chi connectivity index (χ0n) is 13.8. The molecule has 1 atom stereocenters. The summed E-state index contributed by atoms with van der Waals surface area (Å²) in [6.07, 6.45) is 2.48. The lowest BCUT2D eigenvalue weighted by Gasteiger charge is -2.32. The van der Waals surface area contributed by atoms with Crippen molar-refractivity contribution in [1.82, 2.24) is 10.2 Å². The number of likely N-dealkylation sites (tertiary alicyclic amines) is 1. The van der Waals surface area contributed by atoms with Crippen LogP contribution in [0.25, 0.3) is 0 Å². The van der Waals surface area contributed by atoms with E-state index >= 15 is 0 Å². The Kier molecular flexibility index (Phi) is 7.79. The molecule has 1 aliphatic rings. The van der Waals surface area contributed by atoms with E-state index in [1.165, 1.54) is 18.4 Å². The molecule has 1 N–H and O–H groups in total. The van der Waals surface area contributed by atoms with Crippen molar-refractivity contribution in [3.8, 4) is 17.2 Å². The molecule has 6 heteroatoms. The topological polar surface area (TPSA) is 43.0 Å². The quantitative estimate of drug-likeness (QED) is 0.867. The van der Waals surface area contributed by atoms with Gasteiger partial charge in [-0.15, -0.1) is 12.4 Å². The molecular formula is C16H27ClN2O3. The Labute approximate surface area is 139 Å². The van der Waals surface area contributed by atoms with E-state index in [0.29, 0.717) is 23.3 Å². The Morgan fingerprint density at radius 1 is 1.14 bits per heavy atom. The summed E-state index contributed by atoms with van der Waals surface area (Å²) < 4.78 is 16.2. The molecule has 2 rings (SSSR count). The fourth-order valence-corrected chi connectivity index (χ4v) is 2.92. The Morgan fingerprint density at radius 3 is 2.27 bits per heavy atom. The van der Waals surface area contributed by atoms with Gasteiger partial charge in [-0.25, -0.2) is 0 Å². The Morgan fingerprint density at radius 2 is 1.77 bits per heavy atom. The van der Waals surface area contributed by atoms with Gasteiger partial charge in [-0.3, -0.25) is 4.90 Å². The first-order valence-electron chi connectivity index (χ1n) is 7.40. The average molecular weight is 331 g/mol. The maximum atomic E-state index is 5.41. The van der Waals surface area contributed by atoms with Gasteiger partial charge in [0.25, 0.3) is 0 Å². The van der Waals surface area contributed by atoms with Crippen LogP contribution in [-0.4, -0.2) is 52.4 Å². The Balaban J connectivity index is 0.00000242. The number of nitrogens with zero attached hydrogens (tertiary/aromatic N) is 1. The van der Waals surface area contributed by atoms with E-state index in [0.717, 1.165) is 19.6 Å². The molecule has 1 heterocycles. The van der Waals surface area contributed by atoms with Gasteiger partial charge < -0.3 is 19.5 Å². The van der Waals surface area contributed by atoms with Crippen LogP contribution in [0, 0.1) is 0 Å². The van der Waals surface area contributed by atoms with E-state index in [-0.39, 0.29) is 12.4 Å². The number of hydrogen-bond acceptors (Lipinski definition) is 5. The smallest absolute Gasteiger partial charge is 0.203 e. The summed E-state index contributed by atoms with van der Waals surface area (Å²) in [5, 5.41) is 3.37. The van der Waals surface area contributed by atoms with Gasteiger partial charge in [0, 0.05) is 19.1 Å². The van der Waals surface area contributed by atoms with Crippen molar-refractivity contribution in [3.05, 3.63) is 17.7 Å². The number of hydrogen-bond donors (Lipinski definition) is 1. The fraction of sp³-hybridized carbons (Fsp3) is 0.625. The van der Waals surface area contributed by atoms with Crippen LogP contribution in [0.1, 0.15) is 18.4 Å². The van der Waals surface area contributed by atoms with Crippen LogP contribution in [0.2, 0.25) is 0 Å². The third-order valence-electron chi connectivity index (χ3n) is 4.04. The van der Waals surface area contributed by atoms with E-state index < -0.39 is 0 Å². The lowest BCUT2D eigenvalue weighted by molar-refractivity contribution is 0.187. The average Bonchev–Trinajstić information content (AvgIpc) is 2.53. The largest absolute Gasteiger partial charge is 0.493 e. The molecule has 5 nitrogen and oxygen atoms in total. The normalized spacial score (nSPS) is 18.5. The zero-order valence-corrected chi connectivity index (χ0v) is 14.7. The molecule has 0 aliphatic carbocycles. The summed E-state index contributed by atoms with van der Waals surface area (Å²) in [7, 11) is 6.97. The fourth-order valence-electron chi connectivity index (χ4n) is 2.92. The maximum Gasteiger partial charge on any atom is 0.203 e. The Bertz CT molecular complexity index is 446. The summed E-state index contributed by atoms with van der Waals surface area (Å²) in [5.41, 5.74) is 1.18. The number of halogens is 1. The van der Waals surface area contributed by atoms with E-state index in [1.807, 2.05) is 19.2 Å². The van der Waals surface area contributed by atoms with Crippen molar-refractivity contribution >= 4 is 12.4 Å². The second kappa shape index (κ2) is 9.08. The van der Waals surface area contributed by atoms with Crippen LogP contribution >= 0.6 is 12.4 Å². The monoisotopic (exact) mass is 330 g/mol. The predicted molar refractivity (Wildman–Crippen MR) is 90.7 cm³/mol. The van der Waals surface area contributed by atoms with Gasteiger partial charge in [-0.05, 0) is 44.1 Å². The second-order valence-corrected chi connectivity index (χ2v) is 5.40. The number of likely N-dealkylation sites (N-methyl/N-ethyl adjacent to an activating group) is 1. The maximum absolute atomic E-state index is 5.41. The molecule has 0 bridgehead atoms. The van der Waals surface area contributed by atoms with Gasteiger partial charge >= 0.3 is 0 Å².